The van der Waals surface area contributed by atoms with E-state index in [-0.39, 0.29) is 17.0 Å². The second-order valence-electron chi connectivity index (χ2n) is 4.90. The molecule has 0 aliphatic carbocycles. The Morgan fingerprint density at radius 2 is 2.26 bits per heavy atom. The number of nitrogens with one attached hydrogen (secondary N) is 1. The van der Waals surface area contributed by atoms with Gasteiger partial charge in [0.1, 0.15) is 0 Å². The Morgan fingerprint density at radius 3 is 2.89 bits per heavy atom. The van der Waals surface area contributed by atoms with Crippen LogP contribution in [0.2, 0.25) is 0 Å². The number of hydrogen-bond donors (Lipinski definition) is 2. The van der Waals surface area contributed by atoms with Crippen LogP contribution in [0.5, 0.6) is 0 Å². The number of rotatable bonds is 4. The van der Waals surface area contributed by atoms with Gasteiger partial charge in [0.2, 0.25) is 10.0 Å². The van der Waals surface area contributed by atoms with Crippen molar-refractivity contribution in [1.82, 2.24) is 4.72 Å². The highest BCUT2D eigenvalue weighted by atomic mass is 32.2. The largest absolute Gasteiger partial charge is 0.380 e. The van der Waals surface area contributed by atoms with E-state index in [0.29, 0.717) is 13.2 Å². The van der Waals surface area contributed by atoms with E-state index in [1.54, 1.807) is 18.2 Å². The van der Waals surface area contributed by atoms with Crippen molar-refractivity contribution in [3.63, 3.8) is 0 Å². The second-order valence-corrected chi connectivity index (χ2v) is 6.61. The fourth-order valence-corrected chi connectivity index (χ4v) is 3.40. The molecule has 0 amide bonds. The van der Waals surface area contributed by atoms with Gasteiger partial charge in [-0.2, -0.15) is 0 Å². The first-order chi connectivity index (χ1) is 8.99. The van der Waals surface area contributed by atoms with Gasteiger partial charge in [-0.1, -0.05) is 12.1 Å². The summed E-state index contributed by atoms with van der Waals surface area (Å²) >= 11 is 0. The van der Waals surface area contributed by atoms with Gasteiger partial charge in [-0.25, -0.2) is 13.1 Å². The third-order valence-electron chi connectivity index (χ3n) is 3.18. The minimum atomic E-state index is -3.50. The van der Waals surface area contributed by atoms with Gasteiger partial charge in [0.15, 0.2) is 0 Å². The average Bonchev–Trinajstić information content (AvgIpc) is 2.39. The van der Waals surface area contributed by atoms with E-state index in [9.17, 15) is 8.42 Å². The predicted molar refractivity (Wildman–Crippen MR) is 73.2 cm³/mol. The monoisotopic (exact) mass is 284 g/mol. The van der Waals surface area contributed by atoms with Crippen LogP contribution >= 0.6 is 0 Å². The molecule has 0 aromatic heterocycles. The molecule has 1 saturated heterocycles. The van der Waals surface area contributed by atoms with Crippen molar-refractivity contribution in [3.8, 4) is 0 Å². The molecule has 2 atom stereocenters. The summed E-state index contributed by atoms with van der Waals surface area (Å²) in [5.41, 5.74) is 6.58. The molecule has 1 aromatic carbocycles. The van der Waals surface area contributed by atoms with Gasteiger partial charge in [0.25, 0.3) is 0 Å². The minimum absolute atomic E-state index is 0.141. The Bertz CT molecular complexity index is 522. The van der Waals surface area contributed by atoms with Crippen molar-refractivity contribution >= 4 is 10.0 Å². The molecule has 1 aliphatic rings. The number of ether oxygens (including phenoxy) is 1. The molecule has 1 aromatic rings. The molecule has 0 saturated carbocycles. The van der Waals surface area contributed by atoms with Crippen LogP contribution in [0, 0.1) is 0 Å². The molecule has 0 bridgehead atoms. The summed E-state index contributed by atoms with van der Waals surface area (Å²) in [4.78, 5) is 0.257. The van der Waals surface area contributed by atoms with Crippen LogP contribution in [0.15, 0.2) is 29.2 Å². The topological polar surface area (TPSA) is 81.4 Å². The van der Waals surface area contributed by atoms with E-state index >= 15 is 0 Å². The lowest BCUT2D eigenvalue weighted by Crippen LogP contribution is -2.40. The van der Waals surface area contributed by atoms with Crippen LogP contribution < -0.4 is 10.5 Å². The van der Waals surface area contributed by atoms with E-state index in [4.69, 9.17) is 10.5 Å². The Labute approximate surface area is 114 Å². The first-order valence-electron chi connectivity index (χ1n) is 6.44. The zero-order valence-electron chi connectivity index (χ0n) is 11.0. The summed E-state index contributed by atoms with van der Waals surface area (Å²) in [5, 5.41) is 0. The Morgan fingerprint density at radius 1 is 1.47 bits per heavy atom. The highest BCUT2D eigenvalue weighted by Gasteiger charge is 2.22. The Hall–Kier alpha value is -0.950. The molecule has 6 heteroatoms. The molecule has 1 aliphatic heterocycles. The van der Waals surface area contributed by atoms with Crippen LogP contribution in [0.4, 0.5) is 0 Å². The predicted octanol–water partition coefficient (Wildman–Crippen LogP) is 1.16. The summed E-state index contributed by atoms with van der Waals surface area (Å²) < 4.78 is 32.5. The van der Waals surface area contributed by atoms with Crippen LogP contribution in [0.25, 0.3) is 0 Å². The first kappa shape index (κ1) is 14.5. The molecule has 106 valence electrons. The van der Waals surface area contributed by atoms with Crippen molar-refractivity contribution in [3.05, 3.63) is 29.8 Å². The molecular formula is C13H20N2O3S. The SMILES string of the molecule is CC(N)c1cccc(S(=O)(=O)NC2CCCOC2)c1. The molecule has 1 fully saturated rings. The first-order valence-corrected chi connectivity index (χ1v) is 7.93. The fraction of sp³-hybridized carbons (Fsp3) is 0.538. The minimum Gasteiger partial charge on any atom is -0.380 e. The zero-order valence-corrected chi connectivity index (χ0v) is 11.8. The van der Waals surface area contributed by atoms with E-state index in [2.05, 4.69) is 4.72 Å². The summed E-state index contributed by atoms with van der Waals surface area (Å²) in [5.74, 6) is 0. The standard InChI is InChI=1S/C13H20N2O3S/c1-10(14)11-4-2-6-13(8-11)19(16,17)15-12-5-3-7-18-9-12/h2,4,6,8,10,12,15H,3,5,7,9,14H2,1H3. The van der Waals surface area contributed by atoms with E-state index in [1.807, 2.05) is 13.0 Å². The second kappa shape index (κ2) is 6.00. The Balaban J connectivity index is 2.16. The van der Waals surface area contributed by atoms with Crippen molar-refractivity contribution in [1.29, 1.82) is 0 Å². The molecule has 0 radical (unpaired) electrons. The third-order valence-corrected chi connectivity index (χ3v) is 4.69. The Kier molecular flexibility index (Phi) is 4.57. The van der Waals surface area contributed by atoms with Crippen molar-refractivity contribution in [2.45, 2.75) is 36.7 Å². The van der Waals surface area contributed by atoms with Crippen LogP contribution in [0.3, 0.4) is 0 Å². The number of benzene rings is 1. The lowest BCUT2D eigenvalue weighted by atomic mass is 10.1. The summed E-state index contributed by atoms with van der Waals surface area (Å²) in [6, 6.07) is 6.41. The zero-order chi connectivity index (χ0) is 13.9. The maximum atomic E-state index is 12.3. The number of nitrogens with two attached hydrogens (primary N) is 1. The van der Waals surface area contributed by atoms with Crippen molar-refractivity contribution in [2.24, 2.45) is 5.73 Å². The van der Waals surface area contributed by atoms with E-state index in [1.165, 1.54) is 0 Å². The molecule has 1 heterocycles. The third kappa shape index (κ3) is 3.76. The molecule has 19 heavy (non-hydrogen) atoms. The van der Waals surface area contributed by atoms with Crippen LogP contribution in [-0.2, 0) is 14.8 Å². The molecular weight excluding hydrogens is 264 g/mol. The summed E-state index contributed by atoms with van der Waals surface area (Å²) in [6.07, 6.45) is 1.69. The maximum absolute atomic E-state index is 12.3. The lowest BCUT2D eigenvalue weighted by molar-refractivity contribution is 0.0774. The van der Waals surface area contributed by atoms with Gasteiger partial charge in [-0.15, -0.1) is 0 Å². The van der Waals surface area contributed by atoms with Gasteiger partial charge < -0.3 is 10.5 Å². The summed E-state index contributed by atoms with van der Waals surface area (Å²) in [6.45, 7) is 2.97. The normalized spacial score (nSPS) is 22.1. The van der Waals surface area contributed by atoms with Crippen molar-refractivity contribution in [2.75, 3.05) is 13.2 Å². The smallest absolute Gasteiger partial charge is 0.240 e. The molecule has 2 rings (SSSR count). The highest BCUT2D eigenvalue weighted by Crippen LogP contribution is 2.17. The van der Waals surface area contributed by atoms with E-state index in [0.717, 1.165) is 18.4 Å². The average molecular weight is 284 g/mol. The van der Waals surface area contributed by atoms with Gasteiger partial charge in [-0.3, -0.25) is 0 Å². The molecule has 3 N–H and O–H groups in total. The van der Waals surface area contributed by atoms with Crippen molar-refractivity contribution < 1.29 is 13.2 Å². The number of hydrogen-bond acceptors (Lipinski definition) is 4. The maximum Gasteiger partial charge on any atom is 0.240 e. The molecule has 2 unspecified atom stereocenters. The highest BCUT2D eigenvalue weighted by molar-refractivity contribution is 7.89. The van der Waals surface area contributed by atoms with Gasteiger partial charge >= 0.3 is 0 Å². The molecule has 5 nitrogen and oxygen atoms in total. The van der Waals surface area contributed by atoms with Gasteiger partial charge in [0, 0.05) is 18.7 Å². The lowest BCUT2D eigenvalue weighted by Gasteiger charge is -2.23. The van der Waals surface area contributed by atoms with Crippen LogP contribution in [0.1, 0.15) is 31.4 Å². The molecule has 0 spiro atoms. The van der Waals surface area contributed by atoms with Gasteiger partial charge in [-0.05, 0) is 37.5 Å². The van der Waals surface area contributed by atoms with Crippen LogP contribution in [-0.4, -0.2) is 27.7 Å². The number of sulfonamides is 1. The fourth-order valence-electron chi connectivity index (χ4n) is 2.09. The quantitative estimate of drug-likeness (QED) is 0.869. The van der Waals surface area contributed by atoms with E-state index < -0.39 is 10.0 Å². The van der Waals surface area contributed by atoms with Gasteiger partial charge in [0.05, 0.1) is 11.5 Å². The summed E-state index contributed by atoms with van der Waals surface area (Å²) in [7, 11) is -3.50.